The predicted octanol–water partition coefficient (Wildman–Crippen LogP) is 1.66. The molecule has 1 N–H and O–H groups in total. The third kappa shape index (κ3) is 1.18. The third-order valence-electron chi connectivity index (χ3n) is 3.22. The Labute approximate surface area is 84.3 Å². The molecule has 3 rings (SSSR count). The van der Waals surface area contributed by atoms with Gasteiger partial charge in [-0.1, -0.05) is 24.3 Å². The van der Waals surface area contributed by atoms with Gasteiger partial charge in [-0.2, -0.15) is 0 Å². The Kier molecular flexibility index (Phi) is 1.85. The normalized spacial score (nSPS) is 35.1. The maximum atomic E-state index is 5.93. The van der Waals surface area contributed by atoms with Crippen molar-refractivity contribution < 1.29 is 4.74 Å². The Balaban J connectivity index is 1.94. The highest BCUT2D eigenvalue weighted by molar-refractivity contribution is 5.36. The van der Waals surface area contributed by atoms with Crippen LogP contribution in [0.1, 0.15) is 24.1 Å². The van der Waals surface area contributed by atoms with Crippen LogP contribution in [0.2, 0.25) is 0 Å². The first-order chi connectivity index (χ1) is 6.84. The van der Waals surface area contributed by atoms with Crippen LogP contribution in [-0.2, 0) is 11.2 Å². The maximum Gasteiger partial charge on any atom is 0.0814 e. The molecule has 1 unspecified atom stereocenters. The standard InChI is InChI=1S/C12H15NO/c1-8-7-13-12-10-5-3-2-4-9(10)6-11(12)14-8/h2-5,8,11-13H,6-7H2,1H3/t8?,11-,12+/m0/s1. The number of hydrogen-bond acceptors (Lipinski definition) is 2. The summed E-state index contributed by atoms with van der Waals surface area (Å²) in [5, 5.41) is 3.56. The van der Waals surface area contributed by atoms with Crippen LogP contribution in [0, 0.1) is 0 Å². The minimum atomic E-state index is 0.352. The van der Waals surface area contributed by atoms with E-state index in [1.807, 2.05) is 0 Å². The van der Waals surface area contributed by atoms with Crippen LogP contribution in [-0.4, -0.2) is 18.8 Å². The van der Waals surface area contributed by atoms with Gasteiger partial charge in [0, 0.05) is 13.0 Å². The summed E-state index contributed by atoms with van der Waals surface area (Å²) in [5.74, 6) is 0. The Morgan fingerprint density at radius 3 is 3.14 bits per heavy atom. The highest BCUT2D eigenvalue weighted by atomic mass is 16.5. The second-order valence-corrected chi connectivity index (χ2v) is 4.27. The Morgan fingerprint density at radius 2 is 2.21 bits per heavy atom. The minimum absolute atomic E-state index is 0.352. The molecule has 1 aliphatic heterocycles. The Bertz CT molecular complexity index is 350. The molecule has 2 nitrogen and oxygen atoms in total. The number of benzene rings is 1. The van der Waals surface area contributed by atoms with Crippen LogP contribution in [0.3, 0.4) is 0 Å². The molecule has 14 heavy (non-hydrogen) atoms. The first-order valence-corrected chi connectivity index (χ1v) is 5.31. The Morgan fingerprint density at radius 1 is 1.36 bits per heavy atom. The van der Waals surface area contributed by atoms with E-state index in [-0.39, 0.29) is 0 Å². The van der Waals surface area contributed by atoms with E-state index < -0.39 is 0 Å². The van der Waals surface area contributed by atoms with Gasteiger partial charge >= 0.3 is 0 Å². The largest absolute Gasteiger partial charge is 0.372 e. The van der Waals surface area contributed by atoms with Crippen LogP contribution in [0.15, 0.2) is 24.3 Å². The van der Waals surface area contributed by atoms with Crippen molar-refractivity contribution in [2.24, 2.45) is 0 Å². The molecule has 0 saturated carbocycles. The molecular weight excluding hydrogens is 174 g/mol. The van der Waals surface area contributed by atoms with Crippen molar-refractivity contribution in [2.45, 2.75) is 31.6 Å². The Hall–Kier alpha value is -0.860. The van der Waals surface area contributed by atoms with Crippen molar-refractivity contribution in [3.63, 3.8) is 0 Å². The summed E-state index contributed by atoms with van der Waals surface area (Å²) in [5.41, 5.74) is 2.88. The molecule has 1 aromatic rings. The van der Waals surface area contributed by atoms with E-state index in [4.69, 9.17) is 4.74 Å². The molecule has 74 valence electrons. The number of hydrogen-bond donors (Lipinski definition) is 1. The zero-order chi connectivity index (χ0) is 9.54. The molecule has 1 aliphatic carbocycles. The number of nitrogens with one attached hydrogen (secondary N) is 1. The second kappa shape index (κ2) is 3.07. The zero-order valence-electron chi connectivity index (χ0n) is 8.36. The van der Waals surface area contributed by atoms with Gasteiger partial charge in [0.2, 0.25) is 0 Å². The summed E-state index contributed by atoms with van der Waals surface area (Å²) < 4.78 is 5.93. The van der Waals surface area contributed by atoms with Gasteiger partial charge in [-0.15, -0.1) is 0 Å². The second-order valence-electron chi connectivity index (χ2n) is 4.27. The highest BCUT2D eigenvalue weighted by Crippen LogP contribution is 2.35. The van der Waals surface area contributed by atoms with Gasteiger partial charge in [-0.05, 0) is 18.1 Å². The van der Waals surface area contributed by atoms with Crippen molar-refractivity contribution in [3.8, 4) is 0 Å². The molecule has 1 fully saturated rings. The van der Waals surface area contributed by atoms with E-state index >= 15 is 0 Å². The molecular formula is C12H15NO. The summed E-state index contributed by atoms with van der Waals surface area (Å²) in [6.07, 6.45) is 1.78. The maximum absolute atomic E-state index is 5.93. The van der Waals surface area contributed by atoms with Crippen LogP contribution in [0.4, 0.5) is 0 Å². The predicted molar refractivity (Wildman–Crippen MR) is 55.2 cm³/mol. The summed E-state index contributed by atoms with van der Waals surface area (Å²) in [7, 11) is 0. The SMILES string of the molecule is CC1CN[C@@H]2c3ccccc3C[C@@H]2O1. The van der Waals surface area contributed by atoms with E-state index in [0.717, 1.165) is 13.0 Å². The van der Waals surface area contributed by atoms with Crippen LogP contribution in [0.5, 0.6) is 0 Å². The van der Waals surface area contributed by atoms with Gasteiger partial charge in [0.25, 0.3) is 0 Å². The van der Waals surface area contributed by atoms with Gasteiger partial charge < -0.3 is 10.1 Å². The van der Waals surface area contributed by atoms with Crippen LogP contribution >= 0.6 is 0 Å². The molecule has 0 aromatic heterocycles. The highest BCUT2D eigenvalue weighted by Gasteiger charge is 2.36. The van der Waals surface area contributed by atoms with Gasteiger partial charge in [-0.3, -0.25) is 0 Å². The molecule has 1 saturated heterocycles. The molecule has 1 aromatic carbocycles. The molecule has 0 amide bonds. The van der Waals surface area contributed by atoms with E-state index in [2.05, 4.69) is 36.5 Å². The van der Waals surface area contributed by atoms with Gasteiger partial charge in [0.1, 0.15) is 0 Å². The number of rotatable bonds is 0. The lowest BCUT2D eigenvalue weighted by Crippen LogP contribution is -2.44. The van der Waals surface area contributed by atoms with Crippen LogP contribution < -0.4 is 5.32 Å². The van der Waals surface area contributed by atoms with Gasteiger partial charge in [0.05, 0.1) is 18.2 Å². The van der Waals surface area contributed by atoms with Crippen molar-refractivity contribution >= 4 is 0 Å². The average molecular weight is 189 g/mol. The van der Waals surface area contributed by atoms with Crippen molar-refractivity contribution in [3.05, 3.63) is 35.4 Å². The van der Waals surface area contributed by atoms with Crippen molar-refractivity contribution in [1.82, 2.24) is 5.32 Å². The fourth-order valence-corrected chi connectivity index (χ4v) is 2.57. The molecule has 0 bridgehead atoms. The third-order valence-corrected chi connectivity index (χ3v) is 3.22. The molecule has 1 heterocycles. The fourth-order valence-electron chi connectivity index (χ4n) is 2.57. The fraction of sp³-hybridized carbons (Fsp3) is 0.500. The van der Waals surface area contributed by atoms with E-state index in [0.29, 0.717) is 18.2 Å². The summed E-state index contributed by atoms with van der Waals surface area (Å²) >= 11 is 0. The summed E-state index contributed by atoms with van der Waals surface area (Å²) in [6.45, 7) is 3.10. The van der Waals surface area contributed by atoms with Gasteiger partial charge in [-0.25, -0.2) is 0 Å². The number of ether oxygens (including phenoxy) is 1. The molecule has 3 atom stereocenters. The first kappa shape index (κ1) is 8.45. The van der Waals surface area contributed by atoms with Crippen molar-refractivity contribution in [2.75, 3.05) is 6.54 Å². The number of fused-ring (bicyclic) bond motifs is 3. The first-order valence-electron chi connectivity index (χ1n) is 5.31. The molecule has 2 aliphatic rings. The average Bonchev–Trinajstić information content (AvgIpc) is 2.54. The number of morpholine rings is 1. The topological polar surface area (TPSA) is 21.3 Å². The quantitative estimate of drug-likeness (QED) is 0.670. The molecule has 0 radical (unpaired) electrons. The lowest BCUT2D eigenvalue weighted by Gasteiger charge is -2.32. The summed E-state index contributed by atoms with van der Waals surface area (Å²) in [6, 6.07) is 9.08. The lowest BCUT2D eigenvalue weighted by atomic mass is 10.1. The van der Waals surface area contributed by atoms with Crippen LogP contribution in [0.25, 0.3) is 0 Å². The lowest BCUT2D eigenvalue weighted by molar-refractivity contribution is -0.0468. The monoisotopic (exact) mass is 189 g/mol. The van der Waals surface area contributed by atoms with Crippen molar-refractivity contribution in [1.29, 1.82) is 0 Å². The van der Waals surface area contributed by atoms with E-state index in [1.165, 1.54) is 11.1 Å². The molecule has 0 spiro atoms. The van der Waals surface area contributed by atoms with Gasteiger partial charge in [0.15, 0.2) is 0 Å². The van der Waals surface area contributed by atoms with E-state index in [9.17, 15) is 0 Å². The smallest absolute Gasteiger partial charge is 0.0814 e. The van der Waals surface area contributed by atoms with E-state index in [1.54, 1.807) is 0 Å². The zero-order valence-corrected chi connectivity index (χ0v) is 8.36. The summed E-state index contributed by atoms with van der Waals surface area (Å²) in [4.78, 5) is 0. The molecule has 2 heteroatoms. The minimum Gasteiger partial charge on any atom is -0.372 e.